The summed E-state index contributed by atoms with van der Waals surface area (Å²) in [5.41, 5.74) is 1.32. The standard InChI is InChI=1S/C23H23O2P.BrH/c1-3-11-20(12-4-1)26(21-13-5-2-6-14-21)22-15-8-7-10-19(22)18-23-24-16-9-17-25-23;/h1-8,10-15,23H,9,16-18H2;1H. The molecule has 0 spiro atoms. The van der Waals surface area contributed by atoms with E-state index in [1.54, 1.807) is 0 Å². The molecule has 0 aromatic heterocycles. The lowest BCUT2D eigenvalue weighted by Crippen LogP contribution is -2.30. The summed E-state index contributed by atoms with van der Waals surface area (Å²) in [6.07, 6.45) is 1.65. The number of hydrogen-bond acceptors (Lipinski definition) is 2. The normalized spacial score (nSPS) is 14.7. The molecule has 0 saturated carbocycles. The first-order chi connectivity index (χ1) is 12.9. The van der Waals surface area contributed by atoms with Crippen molar-refractivity contribution in [2.24, 2.45) is 0 Å². The van der Waals surface area contributed by atoms with Crippen LogP contribution in [0.1, 0.15) is 12.0 Å². The number of rotatable bonds is 5. The monoisotopic (exact) mass is 442 g/mol. The van der Waals surface area contributed by atoms with Crippen LogP contribution in [0.3, 0.4) is 0 Å². The Hall–Kier alpha value is -1.51. The minimum absolute atomic E-state index is 0. The van der Waals surface area contributed by atoms with Crippen molar-refractivity contribution < 1.29 is 9.47 Å². The molecule has 4 rings (SSSR count). The quantitative estimate of drug-likeness (QED) is 0.547. The van der Waals surface area contributed by atoms with Gasteiger partial charge in [-0.2, -0.15) is 0 Å². The first-order valence-electron chi connectivity index (χ1n) is 9.13. The highest BCUT2D eigenvalue weighted by Crippen LogP contribution is 2.34. The fourth-order valence-electron chi connectivity index (χ4n) is 3.32. The van der Waals surface area contributed by atoms with Gasteiger partial charge in [-0.25, -0.2) is 0 Å². The molecule has 0 radical (unpaired) electrons. The third-order valence-electron chi connectivity index (χ3n) is 4.54. The van der Waals surface area contributed by atoms with Gasteiger partial charge in [0.1, 0.15) is 0 Å². The lowest BCUT2D eigenvalue weighted by molar-refractivity contribution is -0.176. The van der Waals surface area contributed by atoms with Gasteiger partial charge in [-0.05, 0) is 35.8 Å². The van der Waals surface area contributed by atoms with E-state index in [9.17, 15) is 0 Å². The van der Waals surface area contributed by atoms with Gasteiger partial charge in [-0.3, -0.25) is 0 Å². The van der Waals surface area contributed by atoms with Crippen LogP contribution >= 0.6 is 24.9 Å². The largest absolute Gasteiger partial charge is 0.352 e. The number of hydrogen-bond donors (Lipinski definition) is 0. The maximum absolute atomic E-state index is 5.81. The Kier molecular flexibility index (Phi) is 7.60. The zero-order valence-electron chi connectivity index (χ0n) is 15.2. The third-order valence-corrected chi connectivity index (χ3v) is 7.09. The Labute approximate surface area is 173 Å². The van der Waals surface area contributed by atoms with Crippen LogP contribution in [0.2, 0.25) is 0 Å². The van der Waals surface area contributed by atoms with Gasteiger partial charge in [-0.1, -0.05) is 84.9 Å². The summed E-state index contributed by atoms with van der Waals surface area (Å²) in [5.74, 6) is 0. The molecule has 0 amide bonds. The molecule has 1 fully saturated rings. The summed E-state index contributed by atoms with van der Waals surface area (Å²) in [5, 5.41) is 4.12. The Balaban J connectivity index is 0.00000210. The van der Waals surface area contributed by atoms with Crippen molar-refractivity contribution in [1.29, 1.82) is 0 Å². The molecule has 1 aliphatic rings. The highest BCUT2D eigenvalue weighted by atomic mass is 79.9. The molecule has 0 unspecified atom stereocenters. The van der Waals surface area contributed by atoms with Crippen molar-refractivity contribution in [2.45, 2.75) is 19.1 Å². The molecule has 1 saturated heterocycles. The molecule has 140 valence electrons. The van der Waals surface area contributed by atoms with E-state index >= 15 is 0 Å². The topological polar surface area (TPSA) is 18.5 Å². The van der Waals surface area contributed by atoms with Gasteiger partial charge >= 0.3 is 0 Å². The summed E-state index contributed by atoms with van der Waals surface area (Å²) in [4.78, 5) is 0. The van der Waals surface area contributed by atoms with Crippen LogP contribution in [0.4, 0.5) is 0 Å². The number of ether oxygens (including phenoxy) is 2. The summed E-state index contributed by atoms with van der Waals surface area (Å²) in [6.45, 7) is 1.58. The second-order valence-electron chi connectivity index (χ2n) is 6.36. The fraction of sp³-hybridized carbons (Fsp3) is 0.217. The minimum Gasteiger partial charge on any atom is -0.352 e. The van der Waals surface area contributed by atoms with Crippen molar-refractivity contribution in [3.8, 4) is 0 Å². The zero-order valence-corrected chi connectivity index (χ0v) is 17.8. The predicted octanol–water partition coefficient (Wildman–Crippen LogP) is 4.33. The molecule has 3 aromatic carbocycles. The van der Waals surface area contributed by atoms with Gasteiger partial charge in [0.15, 0.2) is 6.29 Å². The highest BCUT2D eigenvalue weighted by molar-refractivity contribution is 8.93. The summed E-state index contributed by atoms with van der Waals surface area (Å²) in [7, 11) is -0.605. The Morgan fingerprint density at radius 1 is 0.704 bits per heavy atom. The van der Waals surface area contributed by atoms with Crippen molar-refractivity contribution >= 4 is 40.8 Å². The van der Waals surface area contributed by atoms with E-state index in [4.69, 9.17) is 9.47 Å². The molecular weight excluding hydrogens is 419 g/mol. The van der Waals surface area contributed by atoms with Crippen molar-refractivity contribution in [3.63, 3.8) is 0 Å². The van der Waals surface area contributed by atoms with Gasteiger partial charge < -0.3 is 9.47 Å². The van der Waals surface area contributed by atoms with Gasteiger partial charge in [0, 0.05) is 6.42 Å². The average Bonchev–Trinajstić information content (AvgIpc) is 2.72. The van der Waals surface area contributed by atoms with Crippen molar-refractivity contribution in [3.05, 3.63) is 90.5 Å². The van der Waals surface area contributed by atoms with Crippen LogP contribution in [0.15, 0.2) is 84.9 Å². The Morgan fingerprint density at radius 2 is 1.22 bits per heavy atom. The second-order valence-corrected chi connectivity index (χ2v) is 8.55. The molecule has 0 N–H and O–H groups in total. The van der Waals surface area contributed by atoms with E-state index < -0.39 is 7.92 Å². The molecule has 0 bridgehead atoms. The first-order valence-corrected chi connectivity index (χ1v) is 10.5. The zero-order chi connectivity index (χ0) is 17.6. The molecule has 0 atom stereocenters. The molecule has 27 heavy (non-hydrogen) atoms. The maximum Gasteiger partial charge on any atom is 0.161 e. The molecule has 4 heteroatoms. The van der Waals surface area contributed by atoms with Crippen LogP contribution in [0.25, 0.3) is 0 Å². The maximum atomic E-state index is 5.81. The van der Waals surface area contributed by atoms with Gasteiger partial charge in [0.25, 0.3) is 0 Å². The van der Waals surface area contributed by atoms with Crippen LogP contribution in [0, 0.1) is 0 Å². The fourth-order valence-corrected chi connectivity index (χ4v) is 5.80. The van der Waals surface area contributed by atoms with Crippen LogP contribution in [0.5, 0.6) is 0 Å². The van der Waals surface area contributed by atoms with Crippen LogP contribution in [-0.4, -0.2) is 19.5 Å². The number of halogens is 1. The summed E-state index contributed by atoms with van der Waals surface area (Å²) in [6, 6.07) is 30.4. The SMILES string of the molecule is Br.c1ccc(P(c2ccccc2)c2ccccc2CC2OCCCO2)cc1. The van der Waals surface area contributed by atoms with Gasteiger partial charge in [0.05, 0.1) is 13.2 Å². The summed E-state index contributed by atoms with van der Waals surface area (Å²) >= 11 is 0. The molecule has 1 heterocycles. The molecule has 0 aliphatic carbocycles. The van der Waals surface area contributed by atoms with Crippen molar-refractivity contribution in [1.82, 2.24) is 0 Å². The van der Waals surface area contributed by atoms with E-state index in [-0.39, 0.29) is 23.3 Å². The highest BCUT2D eigenvalue weighted by Gasteiger charge is 2.22. The lowest BCUT2D eigenvalue weighted by Gasteiger charge is -2.26. The Morgan fingerprint density at radius 3 is 1.81 bits per heavy atom. The van der Waals surface area contributed by atoms with Crippen LogP contribution in [-0.2, 0) is 15.9 Å². The lowest BCUT2D eigenvalue weighted by atomic mass is 10.1. The van der Waals surface area contributed by atoms with Gasteiger partial charge in [0.2, 0.25) is 0 Å². The number of benzene rings is 3. The van der Waals surface area contributed by atoms with E-state index in [2.05, 4.69) is 84.9 Å². The first kappa shape index (κ1) is 20.2. The molecular formula is C23H24BrO2P. The predicted molar refractivity (Wildman–Crippen MR) is 119 cm³/mol. The van der Waals surface area contributed by atoms with E-state index in [0.29, 0.717) is 0 Å². The smallest absolute Gasteiger partial charge is 0.161 e. The third kappa shape index (κ3) is 5.06. The minimum atomic E-state index is -0.605. The molecule has 1 aliphatic heterocycles. The molecule has 2 nitrogen and oxygen atoms in total. The van der Waals surface area contributed by atoms with Crippen molar-refractivity contribution in [2.75, 3.05) is 13.2 Å². The van der Waals surface area contributed by atoms with Crippen LogP contribution < -0.4 is 15.9 Å². The summed E-state index contributed by atoms with van der Waals surface area (Å²) < 4.78 is 11.6. The Bertz CT molecular complexity index is 781. The van der Waals surface area contributed by atoms with E-state index in [1.807, 2.05) is 0 Å². The second kappa shape index (κ2) is 10.1. The average molecular weight is 443 g/mol. The van der Waals surface area contributed by atoms with Gasteiger partial charge in [-0.15, -0.1) is 17.0 Å². The van der Waals surface area contributed by atoms with E-state index in [0.717, 1.165) is 26.1 Å². The molecule has 3 aromatic rings. The van der Waals surface area contributed by atoms with E-state index in [1.165, 1.54) is 21.5 Å².